The Hall–Kier alpha value is -2.96. The van der Waals surface area contributed by atoms with Gasteiger partial charge in [-0.2, -0.15) is 4.57 Å². The number of hydrogen-bond acceptors (Lipinski definition) is 1. The summed E-state index contributed by atoms with van der Waals surface area (Å²) in [5, 5.41) is 1.30. The predicted octanol–water partition coefficient (Wildman–Crippen LogP) is 9.67. The number of aromatic nitrogens is 1. The summed E-state index contributed by atoms with van der Waals surface area (Å²) >= 11 is -9.38. The summed E-state index contributed by atoms with van der Waals surface area (Å²) in [5.41, 5.74) is 10.2. The summed E-state index contributed by atoms with van der Waals surface area (Å²) in [6.45, 7) is 4.33. The number of rotatable bonds is 2. The molecule has 0 radical (unpaired) electrons. The van der Waals surface area contributed by atoms with Gasteiger partial charge in [-0.25, -0.2) is 0 Å². The first-order valence-electron chi connectivity index (χ1n) is 11.6. The van der Waals surface area contributed by atoms with Gasteiger partial charge in [0.2, 0.25) is 11.2 Å². The molecule has 0 bridgehead atoms. The first-order chi connectivity index (χ1) is 17.6. The Kier molecular flexibility index (Phi) is 6.16. The summed E-state index contributed by atoms with van der Waals surface area (Å²) < 4.78 is 61.9. The van der Waals surface area contributed by atoms with Gasteiger partial charge in [0.25, 0.3) is 0 Å². The van der Waals surface area contributed by atoms with Gasteiger partial charge in [-0.3, -0.25) is 0 Å². The molecule has 9 heteroatoms. The maximum absolute atomic E-state index is 11.2. The normalized spacial score (nSPS) is 14.1. The third kappa shape index (κ3) is 6.19. The number of halogens is 6. The molecule has 0 aliphatic carbocycles. The third-order valence-electron chi connectivity index (χ3n) is 6.02. The number of nitrogens with zero attached hydrogens (tertiary/aromatic N) is 1. The van der Waals surface area contributed by atoms with E-state index in [4.69, 9.17) is 0 Å². The van der Waals surface area contributed by atoms with Crippen molar-refractivity contribution in [3.05, 3.63) is 108 Å². The molecule has 1 aromatic heterocycles. The quantitative estimate of drug-likeness (QED) is 0.102. The second kappa shape index (κ2) is 8.78. The van der Waals surface area contributed by atoms with Gasteiger partial charge < -0.3 is 0 Å². The van der Waals surface area contributed by atoms with E-state index < -0.39 is 19.5 Å². The molecule has 5 aromatic rings. The van der Waals surface area contributed by atoms with Crippen LogP contribution in [0.5, 0.6) is 0 Å². The summed E-state index contributed by atoms with van der Waals surface area (Å²) in [6.07, 6.45) is 2.34. The van der Waals surface area contributed by atoms with Crippen LogP contribution in [-0.4, -0.2) is 19.5 Å². The van der Waals surface area contributed by atoms with Gasteiger partial charge in [-0.15, -0.1) is 0 Å². The molecule has 0 spiro atoms. The zero-order chi connectivity index (χ0) is 27.4. The fourth-order valence-corrected chi connectivity index (χ4v) is 5.76. The van der Waals surface area contributed by atoms with E-state index in [2.05, 4.69) is 116 Å². The Bertz CT molecular complexity index is 1700. The molecule has 196 valence electrons. The van der Waals surface area contributed by atoms with Gasteiger partial charge in [0.05, 0.1) is 20.7 Å². The van der Waals surface area contributed by atoms with E-state index >= 15 is 0 Å². The molecule has 0 saturated heterocycles. The average molecular weight is 652 g/mol. The van der Waals surface area contributed by atoms with Crippen LogP contribution in [0.25, 0.3) is 38.8 Å². The van der Waals surface area contributed by atoms with Crippen molar-refractivity contribution in [2.45, 2.75) is 23.6 Å². The molecule has 0 N–H and O–H groups in total. The Morgan fingerprint density at radius 1 is 0.632 bits per heavy atom. The van der Waals surface area contributed by atoms with E-state index in [1.54, 1.807) is 0 Å². The zero-order valence-corrected chi connectivity index (χ0v) is 23.7. The minimum absolute atomic E-state index is 1.25. The third-order valence-corrected chi connectivity index (χ3v) is 7.13. The van der Waals surface area contributed by atoms with E-state index in [1.807, 2.05) is 11.8 Å². The second-order valence-electron chi connectivity index (χ2n) is 9.21. The zero-order valence-electron chi connectivity index (χ0n) is 20.3. The predicted molar refractivity (Wildman–Crippen MR) is 142 cm³/mol. The number of aryl methyl sites for hydroxylation is 2. The number of pyridine rings is 1. The average Bonchev–Trinajstić information content (AvgIpc) is 2.82. The Morgan fingerprint density at radius 2 is 1.18 bits per heavy atom. The topological polar surface area (TPSA) is 3.88 Å². The molecule has 1 nitrogen and oxygen atoms in total. The van der Waals surface area contributed by atoms with E-state index in [0.717, 1.165) is 0 Å². The van der Waals surface area contributed by atoms with Gasteiger partial charge >= 0.3 is 36.4 Å². The Morgan fingerprint density at radius 3 is 1.84 bits per heavy atom. The summed E-state index contributed by atoms with van der Waals surface area (Å²) in [5.74, 6) is 0. The van der Waals surface area contributed by atoms with Crippen molar-refractivity contribution in [2.24, 2.45) is 0 Å². The second-order valence-corrected chi connectivity index (χ2v) is 15.8. The SMILES string of the molecule is Cc1cccc(-c2c[n+]3c4c(cccc4c2-c2cccc(C)c2)Sc2ccccc2-3)c1.[F][Sb-]([F])([F])([F])([F])[F]. The van der Waals surface area contributed by atoms with Crippen LogP contribution in [-0.2, 0) is 0 Å². The van der Waals surface area contributed by atoms with Crippen molar-refractivity contribution >= 4 is 42.1 Å². The van der Waals surface area contributed by atoms with Crippen LogP contribution in [0.3, 0.4) is 0 Å². The van der Waals surface area contributed by atoms with Crippen LogP contribution in [0, 0.1) is 13.8 Å². The molecular formula is C29H22F6NSSb. The van der Waals surface area contributed by atoms with Crippen LogP contribution < -0.4 is 4.57 Å². The van der Waals surface area contributed by atoms with Gasteiger partial charge in [0, 0.05) is 11.6 Å². The fraction of sp³-hybridized carbons (Fsp3) is 0.0690. The molecule has 0 unspecified atom stereocenters. The molecule has 6 rings (SSSR count). The van der Waals surface area contributed by atoms with Crippen molar-refractivity contribution in [2.75, 3.05) is 0 Å². The van der Waals surface area contributed by atoms with Crippen LogP contribution in [0.4, 0.5) is 16.9 Å². The molecule has 38 heavy (non-hydrogen) atoms. The Balaban J connectivity index is 0.000000374. The van der Waals surface area contributed by atoms with E-state index in [1.165, 1.54) is 59.8 Å². The van der Waals surface area contributed by atoms with Crippen LogP contribution >= 0.6 is 11.8 Å². The molecule has 1 aliphatic rings. The van der Waals surface area contributed by atoms with Gasteiger partial charge in [-0.05, 0) is 43.2 Å². The fourth-order valence-electron chi connectivity index (χ4n) is 4.65. The number of hydrogen-bond donors (Lipinski definition) is 0. The number of fused-ring (bicyclic) bond motifs is 2. The molecule has 2 heterocycles. The number of benzene rings is 4. The molecular weight excluding hydrogens is 630 g/mol. The molecule has 4 aromatic carbocycles. The van der Waals surface area contributed by atoms with E-state index in [-0.39, 0.29) is 0 Å². The maximum atomic E-state index is 9.93. The van der Waals surface area contributed by atoms with Gasteiger partial charge in [-0.1, -0.05) is 89.6 Å². The van der Waals surface area contributed by atoms with Crippen molar-refractivity contribution in [3.8, 4) is 27.9 Å². The van der Waals surface area contributed by atoms with Crippen molar-refractivity contribution in [1.82, 2.24) is 0 Å². The molecule has 0 amide bonds. The van der Waals surface area contributed by atoms with Gasteiger partial charge in [0.1, 0.15) is 0 Å². The minimum atomic E-state index is -11.2. The number of para-hydroxylation sites is 2. The van der Waals surface area contributed by atoms with E-state index in [0.29, 0.717) is 0 Å². The standard InChI is InChI=1S/C29H22NS.6FH.Sb/c1-19-8-5-10-21(16-19)24-18-30-25-13-3-4-14-26(25)31-27-15-7-12-23(29(27)30)28(24)22-11-6-9-20(2)17-22;;;;;;;/h3-18H,1-2H3;6*1H;/q+1;;;;;;;+5/p-6. The first kappa shape index (κ1) is 26.6. The van der Waals surface area contributed by atoms with Crippen molar-refractivity contribution < 1.29 is 21.4 Å². The summed E-state index contributed by atoms with van der Waals surface area (Å²) in [6, 6.07) is 33.1. The summed E-state index contributed by atoms with van der Waals surface area (Å²) in [7, 11) is 0. The molecule has 0 fully saturated rings. The van der Waals surface area contributed by atoms with Crippen LogP contribution in [0.15, 0.2) is 107 Å². The molecule has 0 saturated carbocycles. The first-order valence-corrected chi connectivity index (χ1v) is 18.2. The molecule has 0 atom stereocenters. The van der Waals surface area contributed by atoms with Crippen molar-refractivity contribution in [1.29, 1.82) is 0 Å². The van der Waals surface area contributed by atoms with E-state index in [9.17, 15) is 16.9 Å². The van der Waals surface area contributed by atoms with Crippen molar-refractivity contribution in [3.63, 3.8) is 0 Å². The Labute approximate surface area is 222 Å². The molecule has 1 aliphatic heterocycles. The van der Waals surface area contributed by atoms with Crippen LogP contribution in [0.2, 0.25) is 0 Å². The monoisotopic (exact) mass is 651 g/mol. The van der Waals surface area contributed by atoms with Gasteiger partial charge in [0.15, 0.2) is 6.20 Å². The van der Waals surface area contributed by atoms with Crippen LogP contribution in [0.1, 0.15) is 11.1 Å². The summed E-state index contributed by atoms with van der Waals surface area (Å²) in [4.78, 5) is 2.60.